The summed E-state index contributed by atoms with van der Waals surface area (Å²) in [7, 11) is 0. The monoisotopic (exact) mass is 456 g/mol. The molecule has 0 saturated carbocycles. The number of rotatable bonds is 1. The van der Waals surface area contributed by atoms with Gasteiger partial charge in [-0.1, -0.05) is 12.1 Å². The number of carbonyl (C=O) groups excluding carboxylic acids is 1. The van der Waals surface area contributed by atoms with Crippen LogP contribution in [0.15, 0.2) is 79.1 Å². The Bertz CT molecular complexity index is 1330. The van der Waals surface area contributed by atoms with E-state index in [-0.39, 0.29) is 12.5 Å². The number of aromatic nitrogens is 3. The quantitative estimate of drug-likeness (QED) is 0.427. The second kappa shape index (κ2) is 9.76. The first kappa shape index (κ1) is 21.7. The first-order valence-corrected chi connectivity index (χ1v) is 11.1. The smallest absolute Gasteiger partial charge is 0.255 e. The lowest BCUT2D eigenvalue weighted by Crippen LogP contribution is -2.39. The second-order valence-corrected chi connectivity index (χ2v) is 7.96. The van der Waals surface area contributed by atoms with Crippen LogP contribution in [0.2, 0.25) is 0 Å². The molecule has 1 amide bonds. The topological polar surface area (TPSA) is 98.5 Å². The number of pyridine rings is 1. The van der Waals surface area contributed by atoms with Gasteiger partial charge >= 0.3 is 0 Å². The van der Waals surface area contributed by atoms with E-state index in [0.29, 0.717) is 36.8 Å². The molecule has 0 radical (unpaired) electrons. The van der Waals surface area contributed by atoms with Crippen LogP contribution in [0.5, 0.6) is 11.5 Å². The fraction of sp³-hybridized carbons (Fsp3) is 0.192. The third-order valence-electron chi connectivity index (χ3n) is 5.54. The molecule has 4 aromatic rings. The molecule has 8 heteroatoms. The summed E-state index contributed by atoms with van der Waals surface area (Å²) in [4.78, 5) is 17.6. The van der Waals surface area contributed by atoms with E-state index in [0.717, 1.165) is 22.2 Å². The number of aliphatic hydroxyl groups is 1. The molecule has 2 aliphatic rings. The van der Waals surface area contributed by atoms with Crippen LogP contribution in [0.25, 0.3) is 16.7 Å². The summed E-state index contributed by atoms with van der Waals surface area (Å²) >= 11 is 0. The highest BCUT2D eigenvalue weighted by Gasteiger charge is 2.19. The number of benzene rings is 2. The minimum atomic E-state index is -0.458. The van der Waals surface area contributed by atoms with Gasteiger partial charge in [-0.25, -0.2) is 9.67 Å². The van der Waals surface area contributed by atoms with Crippen molar-refractivity contribution in [1.82, 2.24) is 20.1 Å². The lowest BCUT2D eigenvalue weighted by molar-refractivity contribution is 0.0916. The molecule has 0 fully saturated rings. The summed E-state index contributed by atoms with van der Waals surface area (Å²) in [6, 6.07) is 16.2. The SMILES string of the molecule is O=C1N[C@H](CO)Cc2ccc(cc2)OCC=CCOc2ccc3nn(cc3c2)-c2ncccc21. The van der Waals surface area contributed by atoms with Crippen LogP contribution in [0.1, 0.15) is 15.9 Å². The zero-order chi connectivity index (χ0) is 23.3. The maximum Gasteiger partial charge on any atom is 0.255 e. The van der Waals surface area contributed by atoms with Crippen molar-refractivity contribution in [3.63, 3.8) is 0 Å². The minimum absolute atomic E-state index is 0.196. The zero-order valence-corrected chi connectivity index (χ0v) is 18.4. The van der Waals surface area contributed by atoms with Gasteiger partial charge in [0.25, 0.3) is 5.91 Å². The molecule has 6 rings (SSSR count). The van der Waals surface area contributed by atoms with Gasteiger partial charge in [-0.05, 0) is 66.6 Å². The van der Waals surface area contributed by atoms with Crippen molar-refractivity contribution in [1.29, 1.82) is 0 Å². The van der Waals surface area contributed by atoms with Crippen LogP contribution < -0.4 is 14.8 Å². The number of aliphatic hydroxyl groups excluding tert-OH is 1. The average Bonchev–Trinajstić information content (AvgIpc) is 3.29. The molecule has 0 spiro atoms. The van der Waals surface area contributed by atoms with Crippen LogP contribution in [-0.2, 0) is 6.42 Å². The molecule has 2 N–H and O–H groups in total. The van der Waals surface area contributed by atoms with Crippen molar-refractivity contribution < 1.29 is 19.4 Å². The molecular weight excluding hydrogens is 432 g/mol. The number of hydrogen-bond acceptors (Lipinski definition) is 6. The molecule has 5 bridgehead atoms. The van der Waals surface area contributed by atoms with Crippen molar-refractivity contribution in [2.45, 2.75) is 12.5 Å². The lowest BCUT2D eigenvalue weighted by Gasteiger charge is -2.17. The van der Waals surface area contributed by atoms with Gasteiger partial charge in [0.2, 0.25) is 0 Å². The Morgan fingerprint density at radius 1 is 1.03 bits per heavy atom. The van der Waals surface area contributed by atoms with Gasteiger partial charge in [-0.15, -0.1) is 0 Å². The molecule has 1 atom stereocenters. The summed E-state index contributed by atoms with van der Waals surface area (Å²) in [5.41, 5.74) is 2.10. The highest BCUT2D eigenvalue weighted by molar-refractivity contribution is 5.97. The number of fused-ring (bicyclic) bond motifs is 9. The molecule has 2 aliphatic heterocycles. The normalized spacial score (nSPS) is 16.5. The Morgan fingerprint density at radius 2 is 1.79 bits per heavy atom. The van der Waals surface area contributed by atoms with Crippen LogP contribution >= 0.6 is 0 Å². The van der Waals surface area contributed by atoms with Gasteiger partial charge in [0.15, 0.2) is 5.82 Å². The summed E-state index contributed by atoms with van der Waals surface area (Å²) in [6.07, 6.45) is 7.73. The van der Waals surface area contributed by atoms with E-state index in [1.165, 1.54) is 0 Å². The van der Waals surface area contributed by atoms with Gasteiger partial charge in [-0.2, -0.15) is 5.10 Å². The van der Waals surface area contributed by atoms with Crippen LogP contribution in [-0.4, -0.2) is 51.6 Å². The third-order valence-corrected chi connectivity index (χ3v) is 5.54. The Balaban J connectivity index is 1.51. The van der Waals surface area contributed by atoms with Gasteiger partial charge in [0.1, 0.15) is 24.7 Å². The van der Waals surface area contributed by atoms with Crippen molar-refractivity contribution >= 4 is 16.8 Å². The van der Waals surface area contributed by atoms with E-state index in [1.54, 1.807) is 23.0 Å². The van der Waals surface area contributed by atoms with E-state index in [9.17, 15) is 9.90 Å². The first-order valence-electron chi connectivity index (χ1n) is 11.1. The number of carbonyl (C=O) groups is 1. The van der Waals surface area contributed by atoms with Crippen LogP contribution in [0, 0.1) is 0 Å². The predicted molar refractivity (Wildman–Crippen MR) is 127 cm³/mol. The largest absolute Gasteiger partial charge is 0.490 e. The Labute approximate surface area is 196 Å². The molecule has 172 valence electrons. The van der Waals surface area contributed by atoms with Gasteiger partial charge in [0.05, 0.1) is 23.7 Å². The molecule has 0 unspecified atom stereocenters. The standard InChI is InChI=1S/C26H24N4O4/c31-17-20-14-18-5-7-21(8-6-18)33-12-1-2-13-34-22-9-10-24-19(15-22)16-30(29-24)25-23(26(32)28-20)4-3-11-27-25/h1-11,15-16,20,31H,12-14,17H2,(H,28,32)/t20-/m0/s1. The maximum atomic E-state index is 13.1. The highest BCUT2D eigenvalue weighted by atomic mass is 16.5. The van der Waals surface area contributed by atoms with Crippen molar-refractivity contribution in [2.24, 2.45) is 0 Å². The fourth-order valence-electron chi connectivity index (χ4n) is 3.81. The summed E-state index contributed by atoms with van der Waals surface area (Å²) in [5, 5.41) is 18.3. The van der Waals surface area contributed by atoms with E-state index in [1.807, 2.05) is 60.8 Å². The lowest BCUT2D eigenvalue weighted by atomic mass is 10.1. The Hall–Kier alpha value is -4.17. The van der Waals surface area contributed by atoms with E-state index < -0.39 is 6.04 Å². The minimum Gasteiger partial charge on any atom is -0.490 e. The van der Waals surface area contributed by atoms with Crippen molar-refractivity contribution in [3.8, 4) is 17.3 Å². The molecular formula is C26H24N4O4. The van der Waals surface area contributed by atoms with Crippen molar-refractivity contribution in [3.05, 3.63) is 90.3 Å². The predicted octanol–water partition coefficient (Wildman–Crippen LogP) is 3.08. The summed E-state index contributed by atoms with van der Waals surface area (Å²) in [6.45, 7) is 0.642. The van der Waals surface area contributed by atoms with Gasteiger partial charge in [0, 0.05) is 17.8 Å². The number of nitrogens with zero attached hydrogens (tertiary/aromatic N) is 3. The molecule has 34 heavy (non-hydrogen) atoms. The molecule has 8 nitrogen and oxygen atoms in total. The highest BCUT2D eigenvalue weighted by Crippen LogP contribution is 2.22. The van der Waals surface area contributed by atoms with E-state index in [4.69, 9.17) is 9.47 Å². The third kappa shape index (κ3) is 4.77. The van der Waals surface area contributed by atoms with Gasteiger partial charge in [-0.3, -0.25) is 4.79 Å². The Morgan fingerprint density at radius 3 is 2.59 bits per heavy atom. The van der Waals surface area contributed by atoms with Crippen molar-refractivity contribution in [2.75, 3.05) is 19.8 Å². The molecule has 4 heterocycles. The van der Waals surface area contributed by atoms with E-state index >= 15 is 0 Å². The van der Waals surface area contributed by atoms with Gasteiger partial charge < -0.3 is 19.9 Å². The molecule has 2 aromatic carbocycles. The number of nitrogens with one attached hydrogen (secondary N) is 1. The Kier molecular flexibility index (Phi) is 6.22. The average molecular weight is 457 g/mol. The number of ether oxygens (including phenoxy) is 2. The van der Waals surface area contributed by atoms with Crippen LogP contribution in [0.4, 0.5) is 0 Å². The maximum absolute atomic E-state index is 13.1. The zero-order valence-electron chi connectivity index (χ0n) is 18.4. The first-order chi connectivity index (χ1) is 16.7. The van der Waals surface area contributed by atoms with Crippen LogP contribution in [0.3, 0.4) is 0 Å². The molecule has 0 saturated heterocycles. The molecule has 0 aliphatic carbocycles. The second-order valence-electron chi connectivity index (χ2n) is 7.96. The molecule has 2 aromatic heterocycles. The number of amides is 1. The summed E-state index contributed by atoms with van der Waals surface area (Å²) < 4.78 is 13.2. The fourth-order valence-corrected chi connectivity index (χ4v) is 3.81. The summed E-state index contributed by atoms with van der Waals surface area (Å²) in [5.74, 6) is 1.53. The van der Waals surface area contributed by atoms with E-state index in [2.05, 4.69) is 15.4 Å². The number of hydrogen-bond donors (Lipinski definition) is 2.